The fourth-order valence-corrected chi connectivity index (χ4v) is 3.06. The highest BCUT2D eigenvalue weighted by atomic mass is 32.2. The summed E-state index contributed by atoms with van der Waals surface area (Å²) in [5, 5.41) is 0. The molecule has 4 heteroatoms. The molecule has 0 fully saturated rings. The highest BCUT2D eigenvalue weighted by molar-refractivity contribution is 7.99. The van der Waals surface area contributed by atoms with Crippen molar-refractivity contribution in [2.45, 2.75) is 57.3 Å². The van der Waals surface area contributed by atoms with Gasteiger partial charge in [0.1, 0.15) is 12.4 Å². The quantitative estimate of drug-likeness (QED) is 0.228. The number of rotatable bonds is 12. The molecule has 132 valence electrons. The lowest BCUT2D eigenvalue weighted by molar-refractivity contribution is -0.143. The Labute approximate surface area is 150 Å². The van der Waals surface area contributed by atoms with E-state index in [9.17, 15) is 4.79 Å². The van der Waals surface area contributed by atoms with Crippen molar-refractivity contribution >= 4 is 17.7 Å². The molecular weight excluding hydrogens is 320 g/mol. The molecule has 0 saturated carbocycles. The first-order valence-electron chi connectivity index (χ1n) is 8.67. The number of thioether (sulfide) groups is 1. The number of carbonyl (C=O) groups is 1. The van der Waals surface area contributed by atoms with Crippen molar-refractivity contribution in [3.8, 4) is 17.6 Å². The molecule has 0 aliphatic rings. The summed E-state index contributed by atoms with van der Waals surface area (Å²) in [6.07, 6.45) is 6.21. The summed E-state index contributed by atoms with van der Waals surface area (Å²) >= 11 is 1.88. The molecule has 1 aromatic carbocycles. The SMILES string of the molecule is CC#CCOc1ccc(SCCCCCCCC(=O)OCC)cc1. The van der Waals surface area contributed by atoms with Crippen LogP contribution in [0, 0.1) is 11.8 Å². The summed E-state index contributed by atoms with van der Waals surface area (Å²) in [7, 11) is 0. The van der Waals surface area contributed by atoms with Crippen LogP contribution in [0.2, 0.25) is 0 Å². The normalized spacial score (nSPS) is 9.92. The van der Waals surface area contributed by atoms with E-state index in [1.165, 1.54) is 24.2 Å². The van der Waals surface area contributed by atoms with Crippen LogP contribution in [-0.4, -0.2) is 24.9 Å². The van der Waals surface area contributed by atoms with Crippen molar-refractivity contribution in [1.82, 2.24) is 0 Å². The molecule has 0 spiro atoms. The minimum Gasteiger partial charge on any atom is -0.481 e. The van der Waals surface area contributed by atoms with Crippen molar-refractivity contribution in [3.05, 3.63) is 24.3 Å². The molecule has 1 rings (SSSR count). The second kappa shape index (κ2) is 13.8. The summed E-state index contributed by atoms with van der Waals surface area (Å²) in [6, 6.07) is 8.18. The highest BCUT2D eigenvalue weighted by Crippen LogP contribution is 2.22. The van der Waals surface area contributed by atoms with E-state index in [1.807, 2.05) is 37.7 Å². The van der Waals surface area contributed by atoms with Crippen molar-refractivity contribution in [2.75, 3.05) is 19.0 Å². The van der Waals surface area contributed by atoms with E-state index in [1.54, 1.807) is 0 Å². The summed E-state index contributed by atoms with van der Waals surface area (Å²) in [6.45, 7) is 4.58. The maximum Gasteiger partial charge on any atom is 0.305 e. The summed E-state index contributed by atoms with van der Waals surface area (Å²) in [4.78, 5) is 12.5. The number of hydrogen-bond donors (Lipinski definition) is 0. The third-order valence-corrected chi connectivity index (χ3v) is 4.51. The van der Waals surface area contributed by atoms with Crippen molar-refractivity contribution in [2.24, 2.45) is 0 Å². The predicted octanol–water partition coefficient (Wildman–Crippen LogP) is 5.08. The lowest BCUT2D eigenvalue weighted by atomic mass is 10.1. The minimum absolute atomic E-state index is 0.0674. The Hall–Kier alpha value is -1.60. The van der Waals surface area contributed by atoms with Crippen LogP contribution in [-0.2, 0) is 9.53 Å². The summed E-state index contributed by atoms with van der Waals surface area (Å²) in [5.41, 5.74) is 0. The van der Waals surface area contributed by atoms with Gasteiger partial charge in [0.15, 0.2) is 0 Å². The van der Waals surface area contributed by atoms with Crippen LogP contribution in [0.25, 0.3) is 0 Å². The molecule has 0 amide bonds. The molecule has 0 N–H and O–H groups in total. The van der Waals surface area contributed by atoms with E-state index in [2.05, 4.69) is 24.0 Å². The van der Waals surface area contributed by atoms with Gasteiger partial charge in [-0.05, 0) is 56.7 Å². The molecule has 0 radical (unpaired) electrons. The molecule has 0 heterocycles. The van der Waals surface area contributed by atoms with E-state index in [4.69, 9.17) is 9.47 Å². The van der Waals surface area contributed by atoms with Crippen LogP contribution in [0.15, 0.2) is 29.2 Å². The monoisotopic (exact) mass is 348 g/mol. The Morgan fingerprint density at radius 2 is 1.79 bits per heavy atom. The number of unbranched alkanes of at least 4 members (excludes halogenated alkanes) is 4. The molecule has 1 aromatic rings. The van der Waals surface area contributed by atoms with E-state index >= 15 is 0 Å². The zero-order chi connectivity index (χ0) is 17.5. The maximum absolute atomic E-state index is 11.2. The lowest BCUT2D eigenvalue weighted by Gasteiger charge is -2.05. The fraction of sp³-hybridized carbons (Fsp3) is 0.550. The van der Waals surface area contributed by atoms with Crippen LogP contribution in [0.3, 0.4) is 0 Å². The number of hydrogen-bond acceptors (Lipinski definition) is 4. The van der Waals surface area contributed by atoms with Crippen molar-refractivity contribution < 1.29 is 14.3 Å². The second-order valence-electron chi connectivity index (χ2n) is 5.36. The average Bonchev–Trinajstić information content (AvgIpc) is 2.59. The standard InChI is InChI=1S/C20H28O3S/c1-3-5-16-23-18-12-14-19(15-13-18)24-17-10-8-6-7-9-11-20(21)22-4-2/h12-15H,4,6-11,16-17H2,1-2H3. The van der Waals surface area contributed by atoms with Gasteiger partial charge in [-0.2, -0.15) is 0 Å². The molecule has 24 heavy (non-hydrogen) atoms. The molecule has 0 aliphatic heterocycles. The molecular formula is C20H28O3S. The maximum atomic E-state index is 11.2. The third kappa shape index (κ3) is 10.2. The number of benzene rings is 1. The van der Waals surface area contributed by atoms with Gasteiger partial charge in [-0.25, -0.2) is 0 Å². The van der Waals surface area contributed by atoms with Crippen LogP contribution < -0.4 is 4.74 Å². The van der Waals surface area contributed by atoms with Gasteiger partial charge in [0.2, 0.25) is 0 Å². The van der Waals surface area contributed by atoms with Gasteiger partial charge in [0.05, 0.1) is 6.61 Å². The van der Waals surface area contributed by atoms with Crippen LogP contribution >= 0.6 is 11.8 Å². The molecule has 3 nitrogen and oxygen atoms in total. The van der Waals surface area contributed by atoms with Gasteiger partial charge >= 0.3 is 5.97 Å². The van der Waals surface area contributed by atoms with Crippen LogP contribution in [0.5, 0.6) is 5.75 Å². The van der Waals surface area contributed by atoms with Crippen LogP contribution in [0.1, 0.15) is 52.4 Å². The Kier molecular flexibility index (Phi) is 11.8. The van der Waals surface area contributed by atoms with E-state index in [0.717, 1.165) is 24.3 Å². The smallest absolute Gasteiger partial charge is 0.305 e. The first-order chi connectivity index (χ1) is 11.8. The van der Waals surface area contributed by atoms with E-state index < -0.39 is 0 Å². The lowest BCUT2D eigenvalue weighted by Crippen LogP contribution is -2.03. The van der Waals surface area contributed by atoms with Gasteiger partial charge in [0.25, 0.3) is 0 Å². The molecule has 0 aromatic heterocycles. The van der Waals surface area contributed by atoms with Crippen LogP contribution in [0.4, 0.5) is 0 Å². The largest absolute Gasteiger partial charge is 0.481 e. The van der Waals surface area contributed by atoms with Crippen molar-refractivity contribution in [1.29, 1.82) is 0 Å². The first kappa shape index (κ1) is 20.4. The molecule has 0 unspecified atom stereocenters. The molecule has 0 aliphatic carbocycles. The zero-order valence-electron chi connectivity index (χ0n) is 14.8. The number of carbonyl (C=O) groups excluding carboxylic acids is 1. The summed E-state index contributed by atoms with van der Waals surface area (Å²) in [5.74, 6) is 7.62. The topological polar surface area (TPSA) is 35.5 Å². The van der Waals surface area contributed by atoms with Crippen molar-refractivity contribution in [3.63, 3.8) is 0 Å². The minimum atomic E-state index is -0.0674. The van der Waals surface area contributed by atoms with Gasteiger partial charge in [-0.15, -0.1) is 17.7 Å². The highest BCUT2D eigenvalue weighted by Gasteiger charge is 2.01. The zero-order valence-corrected chi connectivity index (χ0v) is 15.6. The molecule has 0 bridgehead atoms. The van der Waals surface area contributed by atoms with Gasteiger partial charge in [0, 0.05) is 11.3 Å². The Balaban J connectivity index is 2.02. The Morgan fingerprint density at radius 3 is 2.50 bits per heavy atom. The number of ether oxygens (including phenoxy) is 2. The Bertz CT molecular complexity index is 514. The van der Waals surface area contributed by atoms with Gasteiger partial charge in [-0.3, -0.25) is 4.79 Å². The first-order valence-corrected chi connectivity index (χ1v) is 9.65. The molecule has 0 saturated heterocycles. The third-order valence-electron chi connectivity index (χ3n) is 3.41. The van der Waals surface area contributed by atoms with E-state index in [0.29, 0.717) is 19.6 Å². The second-order valence-corrected chi connectivity index (χ2v) is 6.53. The Morgan fingerprint density at radius 1 is 1.08 bits per heavy atom. The van der Waals surface area contributed by atoms with Gasteiger partial charge in [-0.1, -0.05) is 25.2 Å². The number of esters is 1. The average molecular weight is 349 g/mol. The molecule has 0 atom stereocenters. The van der Waals surface area contributed by atoms with E-state index in [-0.39, 0.29) is 5.97 Å². The predicted molar refractivity (Wildman–Crippen MR) is 100 cm³/mol. The fourth-order valence-electron chi connectivity index (χ4n) is 2.15. The summed E-state index contributed by atoms with van der Waals surface area (Å²) < 4.78 is 10.4. The van der Waals surface area contributed by atoms with Gasteiger partial charge < -0.3 is 9.47 Å².